The van der Waals surface area contributed by atoms with Gasteiger partial charge in [0, 0.05) is 45.3 Å². The molecule has 0 amide bonds. The zero-order valence-electron chi connectivity index (χ0n) is 16.3. The van der Waals surface area contributed by atoms with Gasteiger partial charge in [-0.25, -0.2) is 18.4 Å². The van der Waals surface area contributed by atoms with E-state index in [1.807, 2.05) is 6.07 Å². The lowest BCUT2D eigenvalue weighted by Gasteiger charge is -2.35. The summed E-state index contributed by atoms with van der Waals surface area (Å²) in [5.74, 6) is 2.14. The van der Waals surface area contributed by atoms with Crippen LogP contribution in [0.4, 0.5) is 11.6 Å². The Kier molecular flexibility index (Phi) is 5.24. The number of anilines is 2. The highest BCUT2D eigenvalue weighted by Crippen LogP contribution is 2.26. The van der Waals surface area contributed by atoms with E-state index in [4.69, 9.17) is 4.52 Å². The van der Waals surface area contributed by atoms with Crippen molar-refractivity contribution in [2.24, 2.45) is 0 Å². The van der Waals surface area contributed by atoms with Crippen LogP contribution in [0.1, 0.15) is 30.7 Å². The van der Waals surface area contributed by atoms with Crippen LogP contribution < -0.4 is 9.80 Å². The number of aryl methyl sites for hydroxylation is 2. The van der Waals surface area contributed by atoms with E-state index in [1.165, 1.54) is 23.6 Å². The first kappa shape index (κ1) is 19.1. The quantitative estimate of drug-likeness (QED) is 0.755. The first-order valence-electron chi connectivity index (χ1n) is 9.72. The number of hydrogen-bond acceptors (Lipinski definition) is 8. The van der Waals surface area contributed by atoms with Crippen LogP contribution in [0.2, 0.25) is 0 Å². The normalized spacial score (nSPS) is 19.2. The van der Waals surface area contributed by atoms with Gasteiger partial charge >= 0.3 is 0 Å². The molecule has 4 rings (SSSR count). The average molecular weight is 407 g/mol. The van der Waals surface area contributed by atoms with E-state index in [2.05, 4.69) is 24.9 Å². The van der Waals surface area contributed by atoms with E-state index >= 15 is 0 Å². The summed E-state index contributed by atoms with van der Waals surface area (Å²) in [4.78, 5) is 13.5. The van der Waals surface area contributed by atoms with Gasteiger partial charge in [-0.3, -0.25) is 0 Å². The second kappa shape index (κ2) is 7.67. The minimum Gasteiger partial charge on any atom is -0.360 e. The van der Waals surface area contributed by atoms with Gasteiger partial charge in [-0.1, -0.05) is 5.16 Å². The summed E-state index contributed by atoms with van der Waals surface area (Å²) in [5, 5.41) is 3.78. The molecule has 2 aromatic rings. The van der Waals surface area contributed by atoms with Crippen molar-refractivity contribution in [1.82, 2.24) is 19.4 Å². The van der Waals surface area contributed by atoms with Crippen LogP contribution in [-0.4, -0.2) is 67.1 Å². The predicted octanol–water partition coefficient (Wildman–Crippen LogP) is 1.58. The van der Waals surface area contributed by atoms with Gasteiger partial charge in [0.1, 0.15) is 28.6 Å². The van der Waals surface area contributed by atoms with Crippen molar-refractivity contribution < 1.29 is 12.9 Å². The summed E-state index contributed by atoms with van der Waals surface area (Å²) in [5.41, 5.74) is 0.405. The second-order valence-electron chi connectivity index (χ2n) is 7.33. The molecule has 0 bridgehead atoms. The van der Waals surface area contributed by atoms with Crippen LogP contribution >= 0.6 is 0 Å². The summed E-state index contributed by atoms with van der Waals surface area (Å²) < 4.78 is 32.5. The molecule has 0 N–H and O–H groups in total. The molecule has 0 unspecified atom stereocenters. The van der Waals surface area contributed by atoms with Gasteiger partial charge in [-0.2, -0.15) is 4.31 Å². The Hall–Kier alpha value is -2.20. The van der Waals surface area contributed by atoms with Crippen LogP contribution in [0.25, 0.3) is 0 Å². The van der Waals surface area contributed by atoms with Crippen molar-refractivity contribution in [3.8, 4) is 0 Å². The highest BCUT2D eigenvalue weighted by molar-refractivity contribution is 7.89. The lowest BCUT2D eigenvalue weighted by atomic mass is 10.1. The third kappa shape index (κ3) is 3.58. The van der Waals surface area contributed by atoms with Crippen molar-refractivity contribution in [3.05, 3.63) is 23.8 Å². The lowest BCUT2D eigenvalue weighted by Crippen LogP contribution is -2.49. The maximum atomic E-state index is 13.0. The molecule has 28 heavy (non-hydrogen) atoms. The van der Waals surface area contributed by atoms with Crippen molar-refractivity contribution in [2.45, 2.75) is 38.0 Å². The molecular formula is C18H26N6O3S. The Balaban J connectivity index is 1.46. The topological polar surface area (TPSA) is 95.7 Å². The zero-order chi connectivity index (χ0) is 19.7. The molecule has 0 aliphatic carbocycles. The summed E-state index contributed by atoms with van der Waals surface area (Å²) in [6.45, 7) is 7.30. The zero-order valence-corrected chi connectivity index (χ0v) is 17.2. The van der Waals surface area contributed by atoms with E-state index in [1.54, 1.807) is 20.2 Å². The maximum absolute atomic E-state index is 13.0. The Morgan fingerprint density at radius 1 is 0.893 bits per heavy atom. The van der Waals surface area contributed by atoms with Gasteiger partial charge in [0.05, 0.1) is 0 Å². The molecule has 0 spiro atoms. The number of sulfonamides is 1. The average Bonchev–Trinajstić information content (AvgIpc) is 3.08. The smallest absolute Gasteiger partial charge is 0.248 e. The standard InChI is InChI=1S/C18H26N6O3S/c1-14-18(15(2)27-21-14)28(25,26)24-10-8-23(9-11-24)17-12-16(19-13-20-17)22-6-4-3-5-7-22/h12-13H,3-11H2,1-2H3. The lowest BCUT2D eigenvalue weighted by molar-refractivity contribution is 0.377. The summed E-state index contributed by atoms with van der Waals surface area (Å²) >= 11 is 0. The molecule has 10 heteroatoms. The van der Waals surface area contributed by atoms with E-state index in [-0.39, 0.29) is 4.90 Å². The molecular weight excluding hydrogens is 380 g/mol. The minimum atomic E-state index is -3.60. The number of aromatic nitrogens is 3. The fraction of sp³-hybridized carbons (Fsp3) is 0.611. The summed E-state index contributed by atoms with van der Waals surface area (Å²) in [6, 6.07) is 2.02. The highest BCUT2D eigenvalue weighted by Gasteiger charge is 2.33. The highest BCUT2D eigenvalue weighted by atomic mass is 32.2. The molecule has 2 saturated heterocycles. The van der Waals surface area contributed by atoms with Crippen molar-refractivity contribution in [2.75, 3.05) is 49.1 Å². The predicted molar refractivity (Wildman–Crippen MR) is 105 cm³/mol. The number of piperazine rings is 1. The van der Waals surface area contributed by atoms with Gasteiger partial charge in [0.15, 0.2) is 5.76 Å². The van der Waals surface area contributed by atoms with Crippen LogP contribution in [0.5, 0.6) is 0 Å². The third-order valence-corrected chi connectivity index (χ3v) is 7.59. The van der Waals surface area contributed by atoms with E-state index < -0.39 is 10.0 Å². The maximum Gasteiger partial charge on any atom is 0.248 e. The van der Waals surface area contributed by atoms with Crippen LogP contribution in [-0.2, 0) is 10.0 Å². The number of piperidine rings is 1. The molecule has 152 valence electrons. The minimum absolute atomic E-state index is 0.190. The number of rotatable bonds is 4. The van der Waals surface area contributed by atoms with Gasteiger partial charge in [-0.05, 0) is 33.1 Å². The molecule has 2 aliphatic rings. The molecule has 0 saturated carbocycles. The van der Waals surface area contributed by atoms with Gasteiger partial charge < -0.3 is 14.3 Å². The molecule has 4 heterocycles. The fourth-order valence-corrected chi connectivity index (χ4v) is 5.65. The van der Waals surface area contributed by atoms with Gasteiger partial charge in [0.2, 0.25) is 10.0 Å². The Labute approximate surface area is 165 Å². The molecule has 2 aliphatic heterocycles. The van der Waals surface area contributed by atoms with Crippen molar-refractivity contribution in [3.63, 3.8) is 0 Å². The Morgan fingerprint density at radius 3 is 2.07 bits per heavy atom. The van der Waals surface area contributed by atoms with Crippen LogP contribution in [0.15, 0.2) is 21.8 Å². The molecule has 9 nitrogen and oxygen atoms in total. The number of nitrogens with zero attached hydrogens (tertiary/aromatic N) is 6. The summed E-state index contributed by atoms with van der Waals surface area (Å²) in [7, 11) is -3.60. The van der Waals surface area contributed by atoms with Crippen LogP contribution in [0.3, 0.4) is 0 Å². The monoisotopic (exact) mass is 406 g/mol. The first-order valence-corrected chi connectivity index (χ1v) is 11.2. The van der Waals surface area contributed by atoms with E-state index in [0.29, 0.717) is 37.6 Å². The second-order valence-corrected chi connectivity index (χ2v) is 9.20. The van der Waals surface area contributed by atoms with Gasteiger partial charge in [-0.15, -0.1) is 0 Å². The van der Waals surface area contributed by atoms with Crippen molar-refractivity contribution >= 4 is 21.7 Å². The first-order chi connectivity index (χ1) is 13.5. The molecule has 0 atom stereocenters. The molecule has 2 aromatic heterocycles. The van der Waals surface area contributed by atoms with E-state index in [9.17, 15) is 8.42 Å². The molecule has 0 radical (unpaired) electrons. The summed E-state index contributed by atoms with van der Waals surface area (Å²) in [6.07, 6.45) is 5.26. The van der Waals surface area contributed by atoms with Gasteiger partial charge in [0.25, 0.3) is 0 Å². The SMILES string of the molecule is Cc1noc(C)c1S(=O)(=O)N1CCN(c2cc(N3CCCCC3)ncn2)CC1. The fourth-order valence-electron chi connectivity index (χ4n) is 3.94. The molecule has 0 aromatic carbocycles. The van der Waals surface area contributed by atoms with E-state index in [0.717, 1.165) is 24.7 Å². The Bertz CT molecular complexity index is 911. The third-order valence-electron chi connectivity index (χ3n) is 5.45. The number of hydrogen-bond donors (Lipinski definition) is 0. The van der Waals surface area contributed by atoms with Crippen LogP contribution in [0, 0.1) is 13.8 Å². The Morgan fingerprint density at radius 2 is 1.50 bits per heavy atom. The van der Waals surface area contributed by atoms with Crippen molar-refractivity contribution in [1.29, 1.82) is 0 Å². The molecule has 2 fully saturated rings. The largest absolute Gasteiger partial charge is 0.360 e.